The Morgan fingerprint density at radius 3 is 2.26 bits per heavy atom. The zero-order valence-corrected chi connectivity index (χ0v) is 19.3. The number of benzene rings is 2. The van der Waals surface area contributed by atoms with Crippen molar-refractivity contribution in [3.8, 4) is 11.8 Å². The molecule has 3 aromatic rings. The minimum Gasteiger partial charge on any atom is -0.468 e. The molecule has 0 aliphatic heterocycles. The van der Waals surface area contributed by atoms with Gasteiger partial charge in [-0.1, -0.05) is 67.4 Å². The van der Waals surface area contributed by atoms with E-state index < -0.39 is 10.1 Å². The van der Waals surface area contributed by atoms with Crippen LogP contribution in [0.15, 0.2) is 53.6 Å². The Morgan fingerprint density at radius 2 is 1.71 bits per heavy atom. The van der Waals surface area contributed by atoms with E-state index in [1.807, 2.05) is 0 Å². The van der Waals surface area contributed by atoms with Gasteiger partial charge in [0.25, 0.3) is 6.01 Å². The number of ether oxygens (including phenoxy) is 1. The first-order valence-electron chi connectivity index (χ1n) is 9.25. The molecule has 0 N–H and O–H groups in total. The monoisotopic (exact) mass is 482 g/mol. The van der Waals surface area contributed by atoms with E-state index in [9.17, 15) is 13.2 Å². The number of hydrogen-bond acceptors (Lipinski definition) is 6. The van der Waals surface area contributed by atoms with Gasteiger partial charge in [0.2, 0.25) is 5.03 Å². The summed E-state index contributed by atoms with van der Waals surface area (Å²) in [7, 11) is -3.07. The van der Waals surface area contributed by atoms with Gasteiger partial charge in [-0.15, -0.1) is 0 Å². The number of ketones is 1. The Kier molecular flexibility index (Phi) is 6.93. The van der Waals surface area contributed by atoms with Gasteiger partial charge in [-0.2, -0.15) is 13.4 Å². The summed E-state index contributed by atoms with van der Waals surface area (Å²) < 4.78 is 38.3. The van der Waals surface area contributed by atoms with Crippen LogP contribution in [0.1, 0.15) is 35.8 Å². The highest BCUT2D eigenvalue weighted by Gasteiger charge is 2.33. The van der Waals surface area contributed by atoms with Crippen LogP contribution in [0.2, 0.25) is 10.0 Å². The van der Waals surface area contributed by atoms with Crippen molar-refractivity contribution in [3.05, 3.63) is 69.8 Å². The largest absolute Gasteiger partial charge is 0.468 e. The third-order valence-corrected chi connectivity index (χ3v) is 6.07. The number of methoxy groups -OCH3 is 1. The molecule has 2 aromatic carbocycles. The lowest BCUT2D eigenvalue weighted by Crippen LogP contribution is -2.21. The van der Waals surface area contributed by atoms with Gasteiger partial charge in [0.05, 0.1) is 19.3 Å². The Labute approximate surface area is 190 Å². The average Bonchev–Trinajstić information content (AvgIpc) is 3.07. The summed E-state index contributed by atoms with van der Waals surface area (Å²) in [6, 6.07) is 12.6. The minimum atomic E-state index is -4.42. The van der Waals surface area contributed by atoms with Crippen molar-refractivity contribution in [2.45, 2.75) is 31.3 Å². The zero-order chi connectivity index (χ0) is 22.8. The average molecular weight is 483 g/mol. The fraction of sp³-hybridized carbons (Fsp3) is 0.238. The van der Waals surface area contributed by atoms with Crippen LogP contribution in [0.25, 0.3) is 0 Å². The van der Waals surface area contributed by atoms with E-state index in [0.717, 1.165) is 0 Å². The van der Waals surface area contributed by atoms with Crippen LogP contribution < -0.4 is 8.92 Å². The summed E-state index contributed by atoms with van der Waals surface area (Å²) in [6.45, 7) is 3.25. The summed E-state index contributed by atoms with van der Waals surface area (Å²) in [5.41, 5.74) is 0.640. The molecule has 31 heavy (non-hydrogen) atoms. The lowest BCUT2D eigenvalue weighted by atomic mass is 10.1. The van der Waals surface area contributed by atoms with Crippen molar-refractivity contribution >= 4 is 39.1 Å². The molecule has 0 spiro atoms. The molecule has 164 valence electrons. The van der Waals surface area contributed by atoms with Gasteiger partial charge >= 0.3 is 10.1 Å². The highest BCUT2D eigenvalue weighted by atomic mass is 35.5. The topological polar surface area (TPSA) is 87.5 Å². The molecule has 1 heterocycles. The quantitative estimate of drug-likeness (QED) is 0.332. The Morgan fingerprint density at radius 1 is 1.10 bits per heavy atom. The maximum atomic E-state index is 13.3. The number of halogens is 2. The highest BCUT2D eigenvalue weighted by molar-refractivity contribution is 7.87. The summed E-state index contributed by atoms with van der Waals surface area (Å²) in [6.07, 6.45) is 0. The predicted molar refractivity (Wildman–Crippen MR) is 118 cm³/mol. The second-order valence-electron chi connectivity index (χ2n) is 6.96. The van der Waals surface area contributed by atoms with Gasteiger partial charge in [0, 0.05) is 27.7 Å². The van der Waals surface area contributed by atoms with Crippen molar-refractivity contribution < 1.29 is 22.1 Å². The van der Waals surface area contributed by atoms with Crippen molar-refractivity contribution in [3.63, 3.8) is 0 Å². The summed E-state index contributed by atoms with van der Waals surface area (Å²) in [5, 5.41) is 0.166. The van der Waals surface area contributed by atoms with Crippen LogP contribution in [0, 0.1) is 0 Å². The van der Waals surface area contributed by atoms with E-state index >= 15 is 0 Å². The van der Waals surface area contributed by atoms with E-state index in [2.05, 4.69) is 4.98 Å². The molecular formula is C21H20Cl2N2O5S. The van der Waals surface area contributed by atoms with E-state index in [0.29, 0.717) is 5.56 Å². The molecule has 0 aliphatic carbocycles. The van der Waals surface area contributed by atoms with Gasteiger partial charge in [-0.25, -0.2) is 0 Å². The third kappa shape index (κ3) is 5.20. The molecule has 7 nitrogen and oxygen atoms in total. The standard InChI is InChI=1S/C21H20Cl2N2O5S/c1-13(2)19-20(31(27,28)30-17-10-15(22)9-16(23)11-17)25(21(24-19)29-3)12-18(26)14-7-5-4-6-8-14/h4-11,13H,12H2,1-3H3. The number of Topliss-reactive ketones (excluding diaryl/α,β-unsaturated/α-hetero) is 1. The molecule has 0 bridgehead atoms. The second kappa shape index (κ2) is 9.30. The van der Waals surface area contributed by atoms with Gasteiger partial charge < -0.3 is 8.92 Å². The van der Waals surface area contributed by atoms with Gasteiger partial charge in [-0.05, 0) is 12.0 Å². The molecule has 0 fully saturated rings. The molecule has 3 rings (SSSR count). The van der Waals surface area contributed by atoms with Gasteiger partial charge in [-0.3, -0.25) is 9.36 Å². The molecule has 1 aromatic heterocycles. The van der Waals surface area contributed by atoms with E-state index in [-0.39, 0.29) is 50.8 Å². The molecule has 10 heteroatoms. The number of imidazole rings is 1. The predicted octanol–water partition coefficient (Wildman–Crippen LogP) is 4.97. The van der Waals surface area contributed by atoms with Crippen LogP contribution in [0.5, 0.6) is 11.8 Å². The SMILES string of the molecule is COc1nc(C(C)C)c(S(=O)(=O)Oc2cc(Cl)cc(Cl)c2)n1CC(=O)c1ccccc1. The molecule has 0 unspecified atom stereocenters. The van der Waals surface area contributed by atoms with Crippen molar-refractivity contribution in [2.24, 2.45) is 0 Å². The Balaban J connectivity index is 2.10. The second-order valence-corrected chi connectivity index (χ2v) is 9.30. The maximum absolute atomic E-state index is 13.3. The Bertz CT molecular complexity index is 1190. The highest BCUT2D eigenvalue weighted by Crippen LogP contribution is 2.32. The van der Waals surface area contributed by atoms with Crippen molar-refractivity contribution in [2.75, 3.05) is 7.11 Å². The maximum Gasteiger partial charge on any atom is 0.357 e. The summed E-state index contributed by atoms with van der Waals surface area (Å²) in [5.74, 6) is -0.666. The number of nitrogens with zero attached hydrogens (tertiary/aromatic N) is 2. The molecule has 0 saturated heterocycles. The van der Waals surface area contributed by atoms with Crippen LogP contribution in [0.4, 0.5) is 0 Å². The lowest BCUT2D eigenvalue weighted by Gasteiger charge is -2.14. The number of aromatic nitrogens is 2. The van der Waals surface area contributed by atoms with Gasteiger partial charge in [0.1, 0.15) is 5.75 Å². The van der Waals surface area contributed by atoms with Crippen LogP contribution >= 0.6 is 23.2 Å². The van der Waals surface area contributed by atoms with Gasteiger partial charge in [0.15, 0.2) is 5.78 Å². The van der Waals surface area contributed by atoms with E-state index in [1.54, 1.807) is 44.2 Å². The van der Waals surface area contributed by atoms with E-state index in [1.165, 1.54) is 29.9 Å². The van der Waals surface area contributed by atoms with Crippen molar-refractivity contribution in [1.82, 2.24) is 9.55 Å². The fourth-order valence-electron chi connectivity index (χ4n) is 2.97. The van der Waals surface area contributed by atoms with Crippen LogP contribution in [-0.4, -0.2) is 30.9 Å². The first kappa shape index (κ1) is 23.1. The lowest BCUT2D eigenvalue weighted by molar-refractivity contribution is 0.0965. The zero-order valence-electron chi connectivity index (χ0n) is 17.0. The molecule has 0 atom stereocenters. The first-order valence-corrected chi connectivity index (χ1v) is 11.4. The number of hydrogen-bond donors (Lipinski definition) is 0. The van der Waals surface area contributed by atoms with E-state index in [4.69, 9.17) is 32.1 Å². The molecule has 0 amide bonds. The molecule has 0 aliphatic rings. The summed E-state index contributed by atoms with van der Waals surface area (Å²) in [4.78, 5) is 17.1. The Hall–Kier alpha value is -2.55. The minimum absolute atomic E-state index is 0.0146. The normalized spacial score (nSPS) is 11.5. The molecule has 0 radical (unpaired) electrons. The molecular weight excluding hydrogens is 463 g/mol. The van der Waals surface area contributed by atoms with Crippen molar-refractivity contribution in [1.29, 1.82) is 0 Å². The summed E-state index contributed by atoms with van der Waals surface area (Å²) >= 11 is 11.9. The fourth-order valence-corrected chi connectivity index (χ4v) is 4.86. The number of carbonyl (C=O) groups is 1. The molecule has 0 saturated carbocycles. The van der Waals surface area contributed by atoms with Crippen LogP contribution in [-0.2, 0) is 16.7 Å². The smallest absolute Gasteiger partial charge is 0.357 e. The number of carbonyl (C=O) groups excluding carboxylic acids is 1. The first-order chi connectivity index (χ1) is 14.6. The van der Waals surface area contributed by atoms with Crippen LogP contribution in [0.3, 0.4) is 0 Å². The number of rotatable bonds is 8. The third-order valence-electron chi connectivity index (χ3n) is 4.32.